The van der Waals surface area contributed by atoms with Gasteiger partial charge in [-0.05, 0) is 6.07 Å². The molecule has 1 N–H and O–H groups in total. The Bertz CT molecular complexity index is 517. The Labute approximate surface area is 119 Å². The van der Waals surface area contributed by atoms with Crippen LogP contribution in [-0.2, 0) is 6.54 Å². The summed E-state index contributed by atoms with van der Waals surface area (Å²) in [4.78, 5) is 7.14. The zero-order valence-corrected chi connectivity index (χ0v) is 12.2. The van der Waals surface area contributed by atoms with E-state index in [4.69, 9.17) is 16.6 Å². The van der Waals surface area contributed by atoms with Crippen molar-refractivity contribution < 1.29 is 0 Å². The molecule has 2 aromatic heterocycles. The second-order valence-electron chi connectivity index (χ2n) is 4.29. The molecule has 6 heteroatoms. The van der Waals surface area contributed by atoms with Crippen LogP contribution in [0.4, 0.5) is 0 Å². The molecule has 0 bridgehead atoms. The fourth-order valence-electron chi connectivity index (χ4n) is 2.02. The summed E-state index contributed by atoms with van der Waals surface area (Å²) in [5.41, 5.74) is 2.18. The fraction of sp³-hybridized carbons (Fsp3) is 0.417. The largest absolute Gasteiger partial charge is 0.314 e. The fourth-order valence-corrected chi connectivity index (χ4v) is 3.74. The summed E-state index contributed by atoms with van der Waals surface area (Å²) in [6.07, 6.45) is 0. The molecule has 1 saturated heterocycles. The van der Waals surface area contributed by atoms with Crippen LogP contribution in [0.5, 0.6) is 0 Å². The first-order valence-corrected chi connectivity index (χ1v) is 8.07. The molecule has 3 nitrogen and oxygen atoms in total. The van der Waals surface area contributed by atoms with Crippen molar-refractivity contribution in [3.05, 3.63) is 26.2 Å². The first kappa shape index (κ1) is 12.6. The Hall–Kier alpha value is -0.460. The number of thiophene rings is 1. The highest BCUT2D eigenvalue weighted by molar-refractivity contribution is 7.14. The molecule has 1 aliphatic heterocycles. The average molecular weight is 300 g/mol. The van der Waals surface area contributed by atoms with Gasteiger partial charge in [0.2, 0.25) is 0 Å². The highest BCUT2D eigenvalue weighted by Crippen LogP contribution is 2.29. The molecule has 2 aromatic rings. The molecule has 0 unspecified atom stereocenters. The van der Waals surface area contributed by atoms with E-state index in [-0.39, 0.29) is 0 Å². The Morgan fingerprint density at radius 1 is 1.28 bits per heavy atom. The SMILES string of the molecule is Clc1cc(-c2csc(CN3CCNCC3)n2)cs1. The number of thiazole rings is 1. The highest BCUT2D eigenvalue weighted by atomic mass is 35.5. The van der Waals surface area contributed by atoms with E-state index in [1.54, 1.807) is 22.7 Å². The zero-order chi connectivity index (χ0) is 12.4. The van der Waals surface area contributed by atoms with Crippen molar-refractivity contribution in [2.75, 3.05) is 26.2 Å². The second-order valence-corrected chi connectivity index (χ2v) is 6.78. The molecule has 0 atom stereocenters. The van der Waals surface area contributed by atoms with Crippen molar-refractivity contribution in [3.8, 4) is 11.3 Å². The minimum absolute atomic E-state index is 0.821. The van der Waals surface area contributed by atoms with E-state index >= 15 is 0 Å². The van der Waals surface area contributed by atoms with E-state index in [0.29, 0.717) is 0 Å². The molecule has 0 aromatic carbocycles. The van der Waals surface area contributed by atoms with Crippen LogP contribution in [0.15, 0.2) is 16.8 Å². The molecule has 1 fully saturated rings. The third kappa shape index (κ3) is 2.92. The van der Waals surface area contributed by atoms with E-state index in [1.807, 2.05) is 6.07 Å². The van der Waals surface area contributed by atoms with Gasteiger partial charge in [0.25, 0.3) is 0 Å². The van der Waals surface area contributed by atoms with Crippen LogP contribution in [0.25, 0.3) is 11.3 Å². The molecule has 18 heavy (non-hydrogen) atoms. The van der Waals surface area contributed by atoms with Crippen molar-refractivity contribution in [1.29, 1.82) is 0 Å². The number of halogens is 1. The lowest BCUT2D eigenvalue weighted by Gasteiger charge is -2.26. The maximum atomic E-state index is 5.95. The molecular weight excluding hydrogens is 286 g/mol. The first-order valence-electron chi connectivity index (χ1n) is 5.93. The van der Waals surface area contributed by atoms with Gasteiger partial charge in [-0.15, -0.1) is 22.7 Å². The van der Waals surface area contributed by atoms with Crippen molar-refractivity contribution >= 4 is 34.3 Å². The highest BCUT2D eigenvalue weighted by Gasteiger charge is 2.13. The number of piperazine rings is 1. The van der Waals surface area contributed by atoms with Crippen molar-refractivity contribution in [2.45, 2.75) is 6.54 Å². The maximum absolute atomic E-state index is 5.95. The van der Waals surface area contributed by atoms with Crippen molar-refractivity contribution in [1.82, 2.24) is 15.2 Å². The quantitative estimate of drug-likeness (QED) is 0.944. The molecule has 1 aliphatic rings. The summed E-state index contributed by atoms with van der Waals surface area (Å²) < 4.78 is 0.821. The van der Waals surface area contributed by atoms with Gasteiger partial charge in [0.15, 0.2) is 0 Å². The molecule has 96 valence electrons. The van der Waals surface area contributed by atoms with Crippen LogP contribution < -0.4 is 5.32 Å². The maximum Gasteiger partial charge on any atom is 0.107 e. The van der Waals surface area contributed by atoms with Crippen LogP contribution in [0.1, 0.15) is 5.01 Å². The number of hydrogen-bond acceptors (Lipinski definition) is 5. The summed E-state index contributed by atoms with van der Waals surface area (Å²) in [6, 6.07) is 1.98. The topological polar surface area (TPSA) is 28.2 Å². The van der Waals surface area contributed by atoms with E-state index in [9.17, 15) is 0 Å². The third-order valence-electron chi connectivity index (χ3n) is 2.98. The van der Waals surface area contributed by atoms with Crippen LogP contribution >= 0.6 is 34.3 Å². The molecule has 3 heterocycles. The van der Waals surface area contributed by atoms with Crippen molar-refractivity contribution in [2.24, 2.45) is 0 Å². The summed E-state index contributed by atoms with van der Waals surface area (Å²) >= 11 is 9.24. The van der Waals surface area contributed by atoms with E-state index < -0.39 is 0 Å². The van der Waals surface area contributed by atoms with Gasteiger partial charge in [0.05, 0.1) is 16.6 Å². The lowest BCUT2D eigenvalue weighted by Crippen LogP contribution is -2.42. The number of hydrogen-bond donors (Lipinski definition) is 1. The standard InChI is InChI=1S/C12H14ClN3S2/c13-11-5-9(7-17-11)10-8-18-12(15-10)6-16-3-1-14-2-4-16/h5,7-8,14H,1-4,6H2. The molecule has 0 radical (unpaired) electrons. The molecule has 0 saturated carbocycles. The predicted molar refractivity (Wildman–Crippen MR) is 78.6 cm³/mol. The number of rotatable bonds is 3. The normalized spacial score (nSPS) is 17.2. The number of aromatic nitrogens is 1. The van der Waals surface area contributed by atoms with Gasteiger partial charge in [0.1, 0.15) is 5.01 Å². The number of nitrogens with one attached hydrogen (secondary N) is 1. The third-order valence-corrected chi connectivity index (χ3v) is 4.91. The van der Waals surface area contributed by atoms with E-state index in [2.05, 4.69) is 21.0 Å². The van der Waals surface area contributed by atoms with Crippen LogP contribution in [0.2, 0.25) is 4.34 Å². The van der Waals surface area contributed by atoms with Gasteiger partial charge in [-0.1, -0.05) is 11.6 Å². The molecule has 0 aliphatic carbocycles. The lowest BCUT2D eigenvalue weighted by atomic mass is 10.3. The van der Waals surface area contributed by atoms with Gasteiger partial charge in [-0.25, -0.2) is 4.98 Å². The molecular formula is C12H14ClN3S2. The smallest absolute Gasteiger partial charge is 0.107 e. The lowest BCUT2D eigenvalue weighted by molar-refractivity contribution is 0.233. The van der Waals surface area contributed by atoms with Gasteiger partial charge < -0.3 is 5.32 Å². The summed E-state index contributed by atoms with van der Waals surface area (Å²) in [5.74, 6) is 0. The first-order chi connectivity index (χ1) is 8.81. The van der Waals surface area contributed by atoms with E-state index in [0.717, 1.165) is 48.3 Å². The molecule has 3 rings (SSSR count). The van der Waals surface area contributed by atoms with Gasteiger partial charge in [-0.3, -0.25) is 4.90 Å². The van der Waals surface area contributed by atoms with Crippen molar-refractivity contribution in [3.63, 3.8) is 0 Å². The molecule has 0 spiro atoms. The molecule has 0 amide bonds. The van der Waals surface area contributed by atoms with Gasteiger partial charge in [-0.2, -0.15) is 0 Å². The predicted octanol–water partition coefficient (Wildman–Crippen LogP) is 2.93. The van der Waals surface area contributed by atoms with Crippen LogP contribution in [-0.4, -0.2) is 36.1 Å². The zero-order valence-electron chi connectivity index (χ0n) is 9.86. The second kappa shape index (κ2) is 5.67. The Kier molecular flexibility index (Phi) is 3.96. The summed E-state index contributed by atoms with van der Waals surface area (Å²) in [5, 5.41) is 8.73. The Morgan fingerprint density at radius 2 is 2.11 bits per heavy atom. The van der Waals surface area contributed by atoms with Gasteiger partial charge in [0, 0.05) is 42.5 Å². The summed E-state index contributed by atoms with van der Waals surface area (Å²) in [7, 11) is 0. The number of nitrogens with zero attached hydrogens (tertiary/aromatic N) is 2. The van der Waals surface area contributed by atoms with Crippen LogP contribution in [0, 0.1) is 0 Å². The monoisotopic (exact) mass is 299 g/mol. The minimum atomic E-state index is 0.821. The minimum Gasteiger partial charge on any atom is -0.314 e. The van der Waals surface area contributed by atoms with E-state index in [1.165, 1.54) is 5.01 Å². The average Bonchev–Trinajstić information content (AvgIpc) is 2.99. The summed E-state index contributed by atoms with van der Waals surface area (Å²) in [6.45, 7) is 5.35. The Morgan fingerprint density at radius 3 is 2.83 bits per heavy atom. The Balaban J connectivity index is 1.69. The van der Waals surface area contributed by atoms with Crippen LogP contribution in [0.3, 0.4) is 0 Å². The van der Waals surface area contributed by atoms with Gasteiger partial charge >= 0.3 is 0 Å².